The Morgan fingerprint density at radius 3 is 2.86 bits per heavy atom. The molecular weight excluding hydrogens is 301 g/mol. The number of nitrogens with zero attached hydrogens (tertiary/aromatic N) is 1. The van der Waals surface area contributed by atoms with Crippen LogP contribution in [0.2, 0.25) is 0 Å². The number of carbonyl (C=O) groups is 1. The molecule has 1 aromatic heterocycles. The predicted molar refractivity (Wildman–Crippen MR) is 70.8 cm³/mol. The number of hydrogen-bond acceptors (Lipinski definition) is 7. The quantitative estimate of drug-likeness (QED) is 0.548. The standard InChI is InChI=1S/C12H16FN3O6/c1-12(13)9(22-8(19)4-14)6(5-17)21-10(12)16-3-2-7(18)15-11(16)20/h2-3,6,9-10,17H,4-5,14H2,1H3,(H,15,18,20)/t6-,9?,10-,12+/m1/s1. The molecule has 9 nitrogen and oxygen atoms in total. The lowest BCUT2D eigenvalue weighted by molar-refractivity contribution is -0.156. The summed E-state index contributed by atoms with van der Waals surface area (Å²) in [5.74, 6) is -0.870. The summed E-state index contributed by atoms with van der Waals surface area (Å²) in [6, 6.07) is 1.02. The van der Waals surface area contributed by atoms with Crippen molar-refractivity contribution < 1.29 is 23.8 Å². The molecule has 1 aromatic rings. The number of nitrogens with one attached hydrogen (secondary N) is 1. The van der Waals surface area contributed by atoms with Gasteiger partial charge in [-0.25, -0.2) is 9.18 Å². The topological polar surface area (TPSA) is 137 Å². The van der Waals surface area contributed by atoms with Gasteiger partial charge in [0.2, 0.25) is 0 Å². The summed E-state index contributed by atoms with van der Waals surface area (Å²) in [7, 11) is 0. The smallest absolute Gasteiger partial charge is 0.330 e. The second-order valence-electron chi connectivity index (χ2n) is 4.99. The number of H-pyrrole nitrogens is 1. The lowest BCUT2D eigenvalue weighted by atomic mass is 9.98. The number of carbonyl (C=O) groups excluding carboxylic acids is 1. The molecular formula is C12H16FN3O6. The molecule has 10 heteroatoms. The van der Waals surface area contributed by atoms with Gasteiger partial charge >= 0.3 is 11.7 Å². The van der Waals surface area contributed by atoms with Gasteiger partial charge in [0.25, 0.3) is 5.56 Å². The summed E-state index contributed by atoms with van der Waals surface area (Å²) in [6.45, 7) is -0.0238. The molecule has 1 fully saturated rings. The van der Waals surface area contributed by atoms with Crippen LogP contribution < -0.4 is 17.0 Å². The van der Waals surface area contributed by atoms with E-state index in [9.17, 15) is 19.5 Å². The number of alkyl halides is 1. The average molecular weight is 317 g/mol. The first-order chi connectivity index (χ1) is 10.3. The second kappa shape index (κ2) is 5.99. The fourth-order valence-electron chi connectivity index (χ4n) is 2.34. The van der Waals surface area contributed by atoms with Crippen molar-refractivity contribution in [1.29, 1.82) is 0 Å². The molecule has 4 N–H and O–H groups in total. The molecule has 1 saturated heterocycles. The highest BCUT2D eigenvalue weighted by atomic mass is 19.1. The van der Waals surface area contributed by atoms with Gasteiger partial charge in [0.15, 0.2) is 18.0 Å². The number of aromatic nitrogens is 2. The van der Waals surface area contributed by atoms with E-state index in [2.05, 4.69) is 0 Å². The van der Waals surface area contributed by atoms with E-state index in [1.165, 1.54) is 0 Å². The van der Waals surface area contributed by atoms with E-state index < -0.39 is 54.5 Å². The van der Waals surface area contributed by atoms with Crippen molar-refractivity contribution in [2.24, 2.45) is 5.73 Å². The Labute approximate surface area is 123 Å². The number of halogens is 1. The van der Waals surface area contributed by atoms with Crippen molar-refractivity contribution in [2.45, 2.75) is 31.0 Å². The molecule has 1 aliphatic rings. The summed E-state index contributed by atoms with van der Waals surface area (Å²) >= 11 is 0. The number of aliphatic hydroxyl groups is 1. The Kier molecular flexibility index (Phi) is 4.44. The molecule has 0 radical (unpaired) electrons. The Bertz CT molecular complexity index is 669. The van der Waals surface area contributed by atoms with Gasteiger partial charge in [0, 0.05) is 12.3 Å². The zero-order valence-electron chi connectivity index (χ0n) is 11.7. The number of aliphatic hydroxyl groups excluding tert-OH is 1. The van der Waals surface area contributed by atoms with Crippen LogP contribution in [0.25, 0.3) is 0 Å². The predicted octanol–water partition coefficient (Wildman–Crippen LogP) is -1.97. The minimum atomic E-state index is -2.32. The minimum Gasteiger partial charge on any atom is -0.455 e. The van der Waals surface area contributed by atoms with Gasteiger partial charge in [-0.15, -0.1) is 0 Å². The number of rotatable bonds is 4. The number of nitrogens with two attached hydrogens (primary N) is 1. The third-order valence-electron chi connectivity index (χ3n) is 3.39. The maximum atomic E-state index is 15.0. The maximum Gasteiger partial charge on any atom is 0.330 e. The third kappa shape index (κ3) is 2.80. The number of ether oxygens (including phenoxy) is 2. The Balaban J connectivity index is 2.39. The SMILES string of the molecule is C[C@]1(F)C(OC(=O)CN)[C@@H](CO)O[C@H]1n1ccc(=O)[nH]c1=O. The zero-order chi connectivity index (χ0) is 16.5. The van der Waals surface area contributed by atoms with Gasteiger partial charge in [0.1, 0.15) is 6.10 Å². The summed E-state index contributed by atoms with van der Waals surface area (Å²) in [5, 5.41) is 9.27. The van der Waals surface area contributed by atoms with Gasteiger partial charge in [0.05, 0.1) is 13.2 Å². The largest absolute Gasteiger partial charge is 0.455 e. The summed E-state index contributed by atoms with van der Waals surface area (Å²) in [4.78, 5) is 36.1. The number of aromatic amines is 1. The highest BCUT2D eigenvalue weighted by Crippen LogP contribution is 2.42. The van der Waals surface area contributed by atoms with Crippen LogP contribution in [0.1, 0.15) is 13.2 Å². The summed E-state index contributed by atoms with van der Waals surface area (Å²) < 4.78 is 26.0. The zero-order valence-corrected chi connectivity index (χ0v) is 11.7. The Morgan fingerprint density at radius 1 is 1.64 bits per heavy atom. The molecule has 0 aliphatic carbocycles. The Morgan fingerprint density at radius 2 is 2.32 bits per heavy atom. The van der Waals surface area contributed by atoms with Crippen LogP contribution in [0.15, 0.2) is 21.9 Å². The fourth-order valence-corrected chi connectivity index (χ4v) is 2.34. The van der Waals surface area contributed by atoms with E-state index in [0.717, 1.165) is 23.8 Å². The normalized spacial score (nSPS) is 31.2. The number of esters is 1. The van der Waals surface area contributed by atoms with E-state index in [-0.39, 0.29) is 0 Å². The molecule has 0 spiro atoms. The van der Waals surface area contributed by atoms with Gasteiger partial charge in [-0.2, -0.15) is 0 Å². The first-order valence-corrected chi connectivity index (χ1v) is 6.47. The van der Waals surface area contributed by atoms with Crippen molar-refractivity contribution in [3.8, 4) is 0 Å². The van der Waals surface area contributed by atoms with Crippen LogP contribution in [0.3, 0.4) is 0 Å². The molecule has 122 valence electrons. The monoisotopic (exact) mass is 317 g/mol. The fraction of sp³-hybridized carbons (Fsp3) is 0.583. The van der Waals surface area contributed by atoms with Gasteiger partial charge in [-0.3, -0.25) is 19.1 Å². The van der Waals surface area contributed by atoms with E-state index in [0.29, 0.717) is 0 Å². The summed E-state index contributed by atoms with van der Waals surface area (Å²) in [6.07, 6.45) is -3.04. The third-order valence-corrected chi connectivity index (χ3v) is 3.39. The van der Waals surface area contributed by atoms with E-state index in [1.54, 1.807) is 0 Å². The van der Waals surface area contributed by atoms with Crippen LogP contribution in [-0.2, 0) is 14.3 Å². The van der Waals surface area contributed by atoms with E-state index in [4.69, 9.17) is 15.2 Å². The van der Waals surface area contributed by atoms with Crippen LogP contribution in [-0.4, -0.2) is 51.7 Å². The highest BCUT2D eigenvalue weighted by molar-refractivity contribution is 5.71. The van der Waals surface area contributed by atoms with Gasteiger partial charge in [-0.1, -0.05) is 0 Å². The van der Waals surface area contributed by atoms with Crippen molar-refractivity contribution in [1.82, 2.24) is 9.55 Å². The maximum absolute atomic E-state index is 15.0. The minimum absolute atomic E-state index is 0.464. The molecule has 4 atom stereocenters. The van der Waals surface area contributed by atoms with Crippen molar-refractivity contribution in [3.05, 3.63) is 33.1 Å². The van der Waals surface area contributed by atoms with Crippen molar-refractivity contribution in [3.63, 3.8) is 0 Å². The van der Waals surface area contributed by atoms with Crippen LogP contribution in [0.4, 0.5) is 4.39 Å². The number of hydrogen-bond donors (Lipinski definition) is 3. The molecule has 0 bridgehead atoms. The molecule has 22 heavy (non-hydrogen) atoms. The molecule has 0 saturated carbocycles. The highest BCUT2D eigenvalue weighted by Gasteiger charge is 2.57. The first kappa shape index (κ1) is 16.3. The molecule has 0 amide bonds. The first-order valence-electron chi connectivity index (χ1n) is 6.47. The van der Waals surface area contributed by atoms with Crippen LogP contribution in [0.5, 0.6) is 0 Å². The lowest BCUT2D eigenvalue weighted by Gasteiger charge is -2.27. The molecule has 2 heterocycles. The van der Waals surface area contributed by atoms with Gasteiger partial charge < -0.3 is 20.3 Å². The average Bonchev–Trinajstić information content (AvgIpc) is 2.70. The van der Waals surface area contributed by atoms with E-state index in [1.807, 2.05) is 4.98 Å². The molecule has 2 rings (SSSR count). The van der Waals surface area contributed by atoms with Crippen molar-refractivity contribution >= 4 is 5.97 Å². The van der Waals surface area contributed by atoms with Crippen molar-refractivity contribution in [2.75, 3.05) is 13.2 Å². The second-order valence-corrected chi connectivity index (χ2v) is 4.99. The molecule has 0 aromatic carbocycles. The lowest BCUT2D eigenvalue weighted by Crippen LogP contribution is -2.46. The molecule has 1 aliphatic heterocycles. The van der Waals surface area contributed by atoms with Crippen LogP contribution >= 0.6 is 0 Å². The summed E-state index contributed by atoms with van der Waals surface area (Å²) in [5.41, 5.74) is 1.26. The Hall–Kier alpha value is -2.04. The van der Waals surface area contributed by atoms with Crippen LogP contribution in [0, 0.1) is 0 Å². The van der Waals surface area contributed by atoms with E-state index >= 15 is 4.39 Å². The molecule has 1 unspecified atom stereocenters. The van der Waals surface area contributed by atoms with Gasteiger partial charge in [-0.05, 0) is 6.92 Å².